The van der Waals surface area contributed by atoms with Crippen LogP contribution in [0.5, 0.6) is 34.5 Å². The van der Waals surface area contributed by atoms with Gasteiger partial charge in [-0.3, -0.25) is 4.79 Å². The Balaban J connectivity index is 1.41. The molecule has 3 aromatic rings. The molecular formula is C30H28O13. The van der Waals surface area contributed by atoms with Crippen LogP contribution in [0.4, 0.5) is 0 Å². The molecule has 226 valence electrons. The average molecular weight is 597 g/mol. The molecule has 3 aromatic carbocycles. The van der Waals surface area contributed by atoms with Gasteiger partial charge in [-0.2, -0.15) is 0 Å². The second-order valence-electron chi connectivity index (χ2n) is 9.44. The van der Waals surface area contributed by atoms with Crippen molar-refractivity contribution in [2.75, 3.05) is 6.61 Å². The zero-order chi connectivity index (χ0) is 31.3. The van der Waals surface area contributed by atoms with Gasteiger partial charge in [0.2, 0.25) is 12.0 Å². The van der Waals surface area contributed by atoms with Gasteiger partial charge in [-0.25, -0.2) is 4.79 Å². The maximum atomic E-state index is 12.6. The minimum absolute atomic E-state index is 0.0512. The van der Waals surface area contributed by atoms with Crippen molar-refractivity contribution in [2.45, 2.75) is 30.7 Å². The van der Waals surface area contributed by atoms with Crippen LogP contribution in [0.25, 0.3) is 12.2 Å². The molecule has 1 saturated heterocycles. The number of hydrogen-bond acceptors (Lipinski definition) is 13. The predicted molar refractivity (Wildman–Crippen MR) is 148 cm³/mol. The zero-order valence-electron chi connectivity index (χ0n) is 22.2. The molecule has 8 N–H and O–H groups in total. The van der Waals surface area contributed by atoms with Gasteiger partial charge in [0.1, 0.15) is 36.8 Å². The summed E-state index contributed by atoms with van der Waals surface area (Å²) in [5.41, 5.74) is 0.639. The summed E-state index contributed by atoms with van der Waals surface area (Å²) in [4.78, 5) is 24.7. The van der Waals surface area contributed by atoms with Crippen LogP contribution in [0.2, 0.25) is 0 Å². The van der Waals surface area contributed by atoms with E-state index >= 15 is 0 Å². The van der Waals surface area contributed by atoms with Gasteiger partial charge in [-0.1, -0.05) is 24.3 Å². The van der Waals surface area contributed by atoms with Crippen LogP contribution in [0.3, 0.4) is 0 Å². The average Bonchev–Trinajstić information content (AvgIpc) is 2.99. The Bertz CT molecular complexity index is 1530. The smallest absolute Gasteiger partial charge is 0.330 e. The van der Waals surface area contributed by atoms with E-state index in [1.165, 1.54) is 42.5 Å². The maximum Gasteiger partial charge on any atom is 0.330 e. The summed E-state index contributed by atoms with van der Waals surface area (Å²) in [5, 5.41) is 80.2. The van der Waals surface area contributed by atoms with Crippen LogP contribution in [-0.4, -0.2) is 89.9 Å². The van der Waals surface area contributed by atoms with Crippen molar-refractivity contribution >= 4 is 23.9 Å². The third-order valence-electron chi connectivity index (χ3n) is 6.41. The number of esters is 1. The highest BCUT2D eigenvalue weighted by Gasteiger charge is 2.45. The van der Waals surface area contributed by atoms with Gasteiger partial charge < -0.3 is 55.1 Å². The molecule has 0 aliphatic carbocycles. The summed E-state index contributed by atoms with van der Waals surface area (Å²) in [6.45, 7) is -0.556. The number of allylic oxidation sites excluding steroid dienone is 1. The number of carbonyl (C=O) groups excluding carboxylic acids is 2. The Hall–Kier alpha value is -5.08. The largest absolute Gasteiger partial charge is 0.508 e. The van der Waals surface area contributed by atoms with E-state index in [1.54, 1.807) is 12.1 Å². The number of ether oxygens (including phenoxy) is 3. The first-order valence-corrected chi connectivity index (χ1v) is 12.7. The minimum Gasteiger partial charge on any atom is -0.508 e. The first-order valence-electron chi connectivity index (χ1n) is 12.7. The molecule has 0 saturated carbocycles. The SMILES string of the molecule is O=C(C=Cc1ccc(O)cc1)OC[C@H]1O[C@@H](Oc2ccc(C(=O)C=Cc3ccc(O)c(O)c3)c(O)c2O)[C@H](O)[C@@H](O)[C@@H]1O. The zero-order valence-corrected chi connectivity index (χ0v) is 22.2. The lowest BCUT2D eigenvalue weighted by Crippen LogP contribution is -2.60. The molecule has 0 radical (unpaired) electrons. The molecule has 5 atom stereocenters. The summed E-state index contributed by atoms with van der Waals surface area (Å²) in [5.74, 6) is -4.44. The second kappa shape index (κ2) is 13.3. The molecule has 0 spiro atoms. The summed E-state index contributed by atoms with van der Waals surface area (Å²) in [6, 6.07) is 12.0. The lowest BCUT2D eigenvalue weighted by atomic mass is 9.99. The maximum absolute atomic E-state index is 12.6. The highest BCUT2D eigenvalue weighted by molar-refractivity contribution is 6.09. The van der Waals surface area contributed by atoms with Crippen LogP contribution < -0.4 is 4.74 Å². The molecule has 0 bridgehead atoms. The number of rotatable bonds is 9. The Kier molecular flexibility index (Phi) is 9.52. The molecule has 1 fully saturated rings. The molecule has 0 amide bonds. The van der Waals surface area contributed by atoms with E-state index < -0.39 is 72.1 Å². The quantitative estimate of drug-likeness (QED) is 0.0761. The molecule has 0 unspecified atom stereocenters. The molecule has 0 aromatic heterocycles. The predicted octanol–water partition coefficient (Wildman–Crippen LogP) is 1.55. The number of aliphatic hydroxyl groups is 3. The molecular weight excluding hydrogens is 568 g/mol. The standard InChI is InChI=1S/C30H28O13/c31-17-6-1-15(2-7-17)5-12-24(35)41-14-23-27(38)28(39)29(40)30(43-23)42-22-11-8-18(25(36)26(22)37)19(32)9-3-16-4-10-20(33)21(34)13-16/h1-13,23,27-31,33-34,36-40H,14H2/t23-,27-,28+,29-,30-/m1/s1. The minimum atomic E-state index is -1.83. The monoisotopic (exact) mass is 596 g/mol. The van der Waals surface area contributed by atoms with Gasteiger partial charge >= 0.3 is 5.97 Å². The van der Waals surface area contributed by atoms with E-state index in [9.17, 15) is 50.4 Å². The first-order chi connectivity index (χ1) is 20.4. The van der Waals surface area contributed by atoms with Crippen molar-refractivity contribution in [2.24, 2.45) is 0 Å². The lowest BCUT2D eigenvalue weighted by molar-refractivity contribution is -0.278. The van der Waals surface area contributed by atoms with Crippen molar-refractivity contribution in [1.29, 1.82) is 0 Å². The van der Waals surface area contributed by atoms with Crippen LogP contribution in [0.15, 0.2) is 66.7 Å². The van der Waals surface area contributed by atoms with Gasteiger partial charge in [0.05, 0.1) is 5.56 Å². The van der Waals surface area contributed by atoms with E-state index in [0.717, 1.165) is 24.3 Å². The Labute approximate surface area is 244 Å². The Morgan fingerprint density at radius 2 is 1.42 bits per heavy atom. The summed E-state index contributed by atoms with van der Waals surface area (Å²) < 4.78 is 16.0. The number of aromatic hydroxyl groups is 5. The second-order valence-corrected chi connectivity index (χ2v) is 9.44. The highest BCUT2D eigenvalue weighted by Crippen LogP contribution is 2.40. The van der Waals surface area contributed by atoms with E-state index in [2.05, 4.69) is 0 Å². The fourth-order valence-electron chi connectivity index (χ4n) is 4.00. The normalized spacial score (nSPS) is 22.1. The summed E-state index contributed by atoms with van der Waals surface area (Å²) in [7, 11) is 0. The van der Waals surface area contributed by atoms with Crippen LogP contribution in [0.1, 0.15) is 21.5 Å². The number of phenolic OH excluding ortho intramolecular Hbond substituents is 5. The molecule has 43 heavy (non-hydrogen) atoms. The van der Waals surface area contributed by atoms with E-state index in [1.807, 2.05) is 0 Å². The van der Waals surface area contributed by atoms with E-state index in [4.69, 9.17) is 14.2 Å². The summed E-state index contributed by atoms with van der Waals surface area (Å²) in [6.07, 6.45) is -3.53. The third kappa shape index (κ3) is 7.42. The Morgan fingerprint density at radius 3 is 2.12 bits per heavy atom. The van der Waals surface area contributed by atoms with Crippen LogP contribution >= 0.6 is 0 Å². The molecule has 13 heteroatoms. The molecule has 1 aliphatic heterocycles. The Morgan fingerprint density at radius 1 is 0.744 bits per heavy atom. The van der Waals surface area contributed by atoms with Crippen LogP contribution in [0, 0.1) is 0 Å². The molecule has 13 nitrogen and oxygen atoms in total. The van der Waals surface area contributed by atoms with Gasteiger partial charge in [0, 0.05) is 6.08 Å². The van der Waals surface area contributed by atoms with E-state index in [0.29, 0.717) is 11.1 Å². The molecule has 1 heterocycles. The van der Waals surface area contributed by atoms with Gasteiger partial charge in [0.15, 0.2) is 28.8 Å². The number of phenols is 5. The van der Waals surface area contributed by atoms with Crippen molar-refractivity contribution in [3.63, 3.8) is 0 Å². The summed E-state index contributed by atoms with van der Waals surface area (Å²) >= 11 is 0. The molecule has 1 aliphatic rings. The van der Waals surface area contributed by atoms with Gasteiger partial charge in [0.25, 0.3) is 0 Å². The topological polar surface area (TPSA) is 224 Å². The number of ketones is 1. The first kappa shape index (κ1) is 30.9. The van der Waals surface area contributed by atoms with Crippen LogP contribution in [-0.2, 0) is 14.3 Å². The van der Waals surface area contributed by atoms with E-state index in [-0.39, 0.29) is 17.1 Å². The van der Waals surface area contributed by atoms with Crippen molar-refractivity contribution in [3.8, 4) is 34.5 Å². The van der Waals surface area contributed by atoms with Gasteiger partial charge in [-0.15, -0.1) is 0 Å². The lowest BCUT2D eigenvalue weighted by Gasteiger charge is -2.39. The third-order valence-corrected chi connectivity index (χ3v) is 6.41. The van der Waals surface area contributed by atoms with Crippen molar-refractivity contribution in [3.05, 3.63) is 83.4 Å². The fraction of sp³-hybridized carbons (Fsp3) is 0.200. The van der Waals surface area contributed by atoms with Crippen molar-refractivity contribution in [1.82, 2.24) is 0 Å². The van der Waals surface area contributed by atoms with Gasteiger partial charge in [-0.05, 0) is 59.7 Å². The number of aliphatic hydroxyl groups excluding tert-OH is 3. The van der Waals surface area contributed by atoms with Crippen molar-refractivity contribution < 1.29 is 64.7 Å². The molecule has 4 rings (SSSR count). The number of carbonyl (C=O) groups is 2. The highest BCUT2D eigenvalue weighted by atomic mass is 16.7. The number of hydrogen-bond donors (Lipinski definition) is 8. The fourth-order valence-corrected chi connectivity index (χ4v) is 4.00. The number of benzene rings is 3.